The maximum Gasteiger partial charge on any atom is 0.321 e. The Morgan fingerprint density at radius 3 is 2.42 bits per heavy atom. The van der Waals surface area contributed by atoms with Crippen molar-refractivity contribution in [3.05, 3.63) is 11.6 Å². The van der Waals surface area contributed by atoms with Gasteiger partial charge in [-0.15, -0.1) is 0 Å². The summed E-state index contributed by atoms with van der Waals surface area (Å²) in [6, 6.07) is 0. The van der Waals surface area contributed by atoms with Crippen molar-refractivity contribution >= 4 is 11.9 Å². The number of cyclic esters (lactones) is 2. The molecule has 0 spiro atoms. The molecular formula is C8H10CuO3. The third kappa shape index (κ3) is 2.80. The molecule has 1 aliphatic rings. The van der Waals surface area contributed by atoms with E-state index in [2.05, 4.69) is 4.74 Å². The van der Waals surface area contributed by atoms with Crippen LogP contribution in [0.25, 0.3) is 0 Å². The fourth-order valence-corrected chi connectivity index (χ4v) is 1.02. The number of hydrogen-bond donors (Lipinski definition) is 0. The molecule has 1 saturated heterocycles. The van der Waals surface area contributed by atoms with Gasteiger partial charge in [0, 0.05) is 17.1 Å². The van der Waals surface area contributed by atoms with Gasteiger partial charge in [0.25, 0.3) is 0 Å². The van der Waals surface area contributed by atoms with Gasteiger partial charge in [0.2, 0.25) is 0 Å². The van der Waals surface area contributed by atoms with E-state index in [0.717, 1.165) is 5.57 Å². The average Bonchev–Trinajstić information content (AvgIpc) is 2.09. The number of carbonyl (C=O) groups is 2. The molecule has 1 unspecified atom stereocenters. The summed E-state index contributed by atoms with van der Waals surface area (Å²) in [5.74, 6) is -1.18. The minimum Gasteiger partial charge on any atom is -0.393 e. The van der Waals surface area contributed by atoms with Crippen LogP contribution in [0.3, 0.4) is 0 Å². The molecule has 71 valence electrons. The van der Waals surface area contributed by atoms with Crippen molar-refractivity contribution in [2.24, 2.45) is 5.92 Å². The second-order valence-corrected chi connectivity index (χ2v) is 2.85. The summed E-state index contributed by atoms with van der Waals surface area (Å²) in [4.78, 5) is 21.4. The number of carbonyl (C=O) groups excluding carboxylic acids is 2. The molecule has 0 aromatic rings. The van der Waals surface area contributed by atoms with Gasteiger partial charge in [-0.1, -0.05) is 11.6 Å². The summed E-state index contributed by atoms with van der Waals surface area (Å²) in [6.45, 7) is 3.77. The zero-order chi connectivity index (χ0) is 8.43. The normalized spacial score (nSPS) is 21.3. The summed E-state index contributed by atoms with van der Waals surface area (Å²) in [5.41, 5.74) is 1.03. The monoisotopic (exact) mass is 217 g/mol. The molecule has 0 aromatic carbocycles. The van der Waals surface area contributed by atoms with Crippen LogP contribution in [-0.2, 0) is 31.4 Å². The zero-order valence-corrected chi connectivity index (χ0v) is 7.83. The third-order valence-electron chi connectivity index (χ3n) is 1.44. The van der Waals surface area contributed by atoms with Crippen molar-refractivity contribution in [2.45, 2.75) is 20.3 Å². The minimum absolute atomic E-state index is 0. The first-order valence-electron chi connectivity index (χ1n) is 3.49. The smallest absolute Gasteiger partial charge is 0.321 e. The van der Waals surface area contributed by atoms with Crippen LogP contribution in [-0.4, -0.2) is 11.9 Å². The third-order valence-corrected chi connectivity index (χ3v) is 1.44. The van der Waals surface area contributed by atoms with E-state index in [1.807, 2.05) is 13.8 Å². The summed E-state index contributed by atoms with van der Waals surface area (Å²) in [5, 5.41) is 0. The largest absolute Gasteiger partial charge is 0.393 e. The Bertz CT molecular complexity index is 228. The van der Waals surface area contributed by atoms with Crippen molar-refractivity contribution in [1.29, 1.82) is 0 Å². The van der Waals surface area contributed by atoms with E-state index in [0.29, 0.717) is 0 Å². The van der Waals surface area contributed by atoms with Gasteiger partial charge < -0.3 is 4.74 Å². The van der Waals surface area contributed by atoms with Crippen LogP contribution in [0.1, 0.15) is 20.3 Å². The van der Waals surface area contributed by atoms with Gasteiger partial charge in [-0.05, 0) is 13.8 Å². The fourth-order valence-electron chi connectivity index (χ4n) is 1.02. The van der Waals surface area contributed by atoms with E-state index in [-0.39, 0.29) is 29.4 Å². The first kappa shape index (κ1) is 11.4. The van der Waals surface area contributed by atoms with Gasteiger partial charge in [0.15, 0.2) is 0 Å². The number of ether oxygens (including phenoxy) is 1. The average molecular weight is 218 g/mol. The molecule has 3 nitrogen and oxygen atoms in total. The zero-order valence-electron chi connectivity index (χ0n) is 6.89. The number of allylic oxidation sites excluding steroid dienone is 1. The summed E-state index contributed by atoms with van der Waals surface area (Å²) >= 11 is 0. The Labute approximate surface area is 81.6 Å². The molecule has 1 aliphatic heterocycles. The second-order valence-electron chi connectivity index (χ2n) is 2.85. The molecule has 0 amide bonds. The molecule has 4 heteroatoms. The molecule has 1 atom stereocenters. The van der Waals surface area contributed by atoms with Crippen LogP contribution >= 0.6 is 0 Å². The molecule has 0 N–H and O–H groups in total. The SMILES string of the molecule is CC(C)=CC1CC(=O)OC1=O.[Cu]. The molecule has 1 fully saturated rings. The quantitative estimate of drug-likeness (QED) is 0.285. The van der Waals surface area contributed by atoms with Crippen molar-refractivity contribution < 1.29 is 31.4 Å². The van der Waals surface area contributed by atoms with Crippen LogP contribution in [0.15, 0.2) is 11.6 Å². The molecule has 1 radical (unpaired) electrons. The topological polar surface area (TPSA) is 43.4 Å². The number of rotatable bonds is 1. The van der Waals surface area contributed by atoms with Crippen molar-refractivity contribution in [1.82, 2.24) is 0 Å². The Morgan fingerprint density at radius 2 is 2.08 bits per heavy atom. The number of esters is 2. The van der Waals surface area contributed by atoms with E-state index in [1.54, 1.807) is 6.08 Å². The van der Waals surface area contributed by atoms with Crippen molar-refractivity contribution in [3.8, 4) is 0 Å². The molecular weight excluding hydrogens is 208 g/mol. The minimum atomic E-state index is -0.420. The number of hydrogen-bond acceptors (Lipinski definition) is 3. The first-order chi connectivity index (χ1) is 5.09. The van der Waals surface area contributed by atoms with Gasteiger partial charge >= 0.3 is 11.9 Å². The Balaban J connectivity index is 0.00000121. The Morgan fingerprint density at radius 1 is 1.50 bits per heavy atom. The van der Waals surface area contributed by atoms with E-state index in [4.69, 9.17) is 0 Å². The predicted octanol–water partition coefficient (Wildman–Crippen LogP) is 1.04. The predicted molar refractivity (Wildman–Crippen MR) is 38.6 cm³/mol. The molecule has 1 heterocycles. The van der Waals surface area contributed by atoms with Crippen LogP contribution in [0.2, 0.25) is 0 Å². The maximum atomic E-state index is 10.8. The summed E-state index contributed by atoms with van der Waals surface area (Å²) in [6.07, 6.45) is 1.96. The van der Waals surface area contributed by atoms with Crippen molar-refractivity contribution in [2.75, 3.05) is 0 Å². The van der Waals surface area contributed by atoms with Crippen LogP contribution in [0.4, 0.5) is 0 Å². The molecule has 1 rings (SSSR count). The second kappa shape index (κ2) is 4.43. The fraction of sp³-hybridized carbons (Fsp3) is 0.500. The molecule has 0 aliphatic carbocycles. The molecule has 0 aromatic heterocycles. The van der Waals surface area contributed by atoms with Gasteiger partial charge in [-0.25, -0.2) is 0 Å². The van der Waals surface area contributed by atoms with E-state index < -0.39 is 11.9 Å². The van der Waals surface area contributed by atoms with Gasteiger partial charge in [0.05, 0.1) is 12.3 Å². The Hall–Kier alpha value is -0.601. The summed E-state index contributed by atoms with van der Waals surface area (Å²) < 4.78 is 4.35. The van der Waals surface area contributed by atoms with Gasteiger partial charge in [0.1, 0.15) is 0 Å². The molecule has 12 heavy (non-hydrogen) atoms. The van der Waals surface area contributed by atoms with Crippen LogP contribution < -0.4 is 0 Å². The van der Waals surface area contributed by atoms with Crippen LogP contribution in [0, 0.1) is 5.92 Å². The Kier molecular flexibility index (Phi) is 4.21. The molecule has 0 bridgehead atoms. The molecule has 0 saturated carbocycles. The first-order valence-corrected chi connectivity index (χ1v) is 3.49. The van der Waals surface area contributed by atoms with E-state index >= 15 is 0 Å². The van der Waals surface area contributed by atoms with Crippen molar-refractivity contribution in [3.63, 3.8) is 0 Å². The van der Waals surface area contributed by atoms with Gasteiger partial charge in [-0.3, -0.25) is 9.59 Å². The standard InChI is InChI=1S/C8H10O3.Cu/c1-5(2)3-6-4-7(9)11-8(6)10;/h3,6H,4H2,1-2H3;. The van der Waals surface area contributed by atoms with E-state index in [9.17, 15) is 9.59 Å². The van der Waals surface area contributed by atoms with E-state index in [1.165, 1.54) is 0 Å². The summed E-state index contributed by atoms with van der Waals surface area (Å²) in [7, 11) is 0. The van der Waals surface area contributed by atoms with Crippen LogP contribution in [0.5, 0.6) is 0 Å². The maximum absolute atomic E-state index is 10.8. The van der Waals surface area contributed by atoms with Gasteiger partial charge in [-0.2, -0.15) is 0 Å².